The zero-order valence-electron chi connectivity index (χ0n) is 13.6. The van der Waals surface area contributed by atoms with Crippen LogP contribution < -0.4 is 0 Å². The molecule has 0 amide bonds. The normalized spacial score (nSPS) is 22.3. The third kappa shape index (κ3) is 2.67. The fourth-order valence-electron chi connectivity index (χ4n) is 3.38. The van der Waals surface area contributed by atoms with Gasteiger partial charge < -0.3 is 4.74 Å². The van der Waals surface area contributed by atoms with Gasteiger partial charge in [-0.25, -0.2) is 0 Å². The summed E-state index contributed by atoms with van der Waals surface area (Å²) in [5, 5.41) is 0. The van der Waals surface area contributed by atoms with E-state index in [2.05, 4.69) is 0 Å². The van der Waals surface area contributed by atoms with Gasteiger partial charge >= 0.3 is 5.97 Å². The highest BCUT2D eigenvalue weighted by atomic mass is 16.5. The van der Waals surface area contributed by atoms with Crippen molar-refractivity contribution >= 4 is 11.8 Å². The SMILES string of the molecule is CCOC(=O)[C@]1(C(=O)c2ccccc2)CC=C[C@H]1c1ccccc1. The Morgan fingerprint density at radius 1 is 1.04 bits per heavy atom. The molecule has 122 valence electrons. The monoisotopic (exact) mass is 320 g/mol. The second-order valence-corrected chi connectivity index (χ2v) is 5.91. The molecule has 0 saturated carbocycles. The van der Waals surface area contributed by atoms with Crippen molar-refractivity contribution in [2.75, 3.05) is 6.61 Å². The molecule has 0 aromatic heterocycles. The van der Waals surface area contributed by atoms with Crippen LogP contribution in [0.2, 0.25) is 0 Å². The lowest BCUT2D eigenvalue weighted by Gasteiger charge is -2.32. The number of hydrogen-bond donors (Lipinski definition) is 0. The van der Waals surface area contributed by atoms with E-state index in [1.807, 2.05) is 60.7 Å². The van der Waals surface area contributed by atoms with Gasteiger partial charge in [-0.2, -0.15) is 0 Å². The lowest BCUT2D eigenvalue weighted by Crippen LogP contribution is -2.43. The smallest absolute Gasteiger partial charge is 0.321 e. The summed E-state index contributed by atoms with van der Waals surface area (Å²) in [5.74, 6) is -0.941. The first-order chi connectivity index (χ1) is 11.7. The van der Waals surface area contributed by atoms with Gasteiger partial charge in [-0.15, -0.1) is 0 Å². The summed E-state index contributed by atoms with van der Waals surface area (Å²) in [6, 6.07) is 18.7. The van der Waals surface area contributed by atoms with E-state index in [4.69, 9.17) is 4.74 Å². The highest BCUT2D eigenvalue weighted by Gasteiger charge is 2.54. The molecule has 24 heavy (non-hydrogen) atoms. The van der Waals surface area contributed by atoms with E-state index in [0.717, 1.165) is 5.56 Å². The summed E-state index contributed by atoms with van der Waals surface area (Å²) in [6.45, 7) is 2.02. The lowest BCUT2D eigenvalue weighted by molar-refractivity contribution is -0.152. The minimum Gasteiger partial charge on any atom is -0.465 e. The molecule has 0 spiro atoms. The van der Waals surface area contributed by atoms with Crippen molar-refractivity contribution in [2.45, 2.75) is 19.3 Å². The summed E-state index contributed by atoms with van der Waals surface area (Å²) in [6.07, 6.45) is 4.22. The molecule has 3 rings (SSSR count). The number of allylic oxidation sites excluding steroid dienone is 2. The number of esters is 1. The van der Waals surface area contributed by atoms with Gasteiger partial charge in [0.05, 0.1) is 6.61 Å². The third-order valence-corrected chi connectivity index (χ3v) is 4.54. The Balaban J connectivity index is 2.10. The summed E-state index contributed by atoms with van der Waals surface area (Å²) >= 11 is 0. The quantitative estimate of drug-likeness (QED) is 0.359. The Morgan fingerprint density at radius 3 is 2.29 bits per heavy atom. The zero-order valence-corrected chi connectivity index (χ0v) is 13.6. The molecule has 3 heteroatoms. The van der Waals surface area contributed by atoms with E-state index in [1.54, 1.807) is 19.1 Å². The van der Waals surface area contributed by atoms with Crippen LogP contribution in [-0.4, -0.2) is 18.4 Å². The molecular formula is C21H20O3. The van der Waals surface area contributed by atoms with Crippen LogP contribution in [0.15, 0.2) is 72.8 Å². The van der Waals surface area contributed by atoms with Gasteiger partial charge in [-0.05, 0) is 18.9 Å². The van der Waals surface area contributed by atoms with Gasteiger partial charge in [0, 0.05) is 11.5 Å². The number of ketones is 1. The van der Waals surface area contributed by atoms with Crippen LogP contribution in [0.1, 0.15) is 35.2 Å². The van der Waals surface area contributed by atoms with Crippen LogP contribution in [0.4, 0.5) is 0 Å². The van der Waals surface area contributed by atoms with E-state index < -0.39 is 11.4 Å². The number of ether oxygens (including phenoxy) is 1. The van der Waals surface area contributed by atoms with Gasteiger partial charge in [0.15, 0.2) is 5.78 Å². The molecule has 2 aromatic rings. The third-order valence-electron chi connectivity index (χ3n) is 4.54. The van der Waals surface area contributed by atoms with Crippen LogP contribution in [0.5, 0.6) is 0 Å². The molecule has 0 unspecified atom stereocenters. The van der Waals surface area contributed by atoms with Gasteiger partial charge in [-0.3, -0.25) is 9.59 Å². The van der Waals surface area contributed by atoms with E-state index >= 15 is 0 Å². The Kier molecular flexibility index (Phi) is 4.61. The number of carbonyl (C=O) groups excluding carboxylic acids is 2. The first-order valence-electron chi connectivity index (χ1n) is 8.19. The van der Waals surface area contributed by atoms with E-state index in [9.17, 15) is 9.59 Å². The van der Waals surface area contributed by atoms with E-state index in [1.165, 1.54) is 0 Å². The topological polar surface area (TPSA) is 43.4 Å². The van der Waals surface area contributed by atoms with Crippen LogP contribution in [-0.2, 0) is 9.53 Å². The molecule has 0 radical (unpaired) electrons. The highest BCUT2D eigenvalue weighted by Crippen LogP contribution is 2.48. The number of Topliss-reactive ketones (excluding diaryl/α,β-unsaturated/α-hetero) is 1. The molecule has 0 heterocycles. The molecule has 2 aromatic carbocycles. The first kappa shape index (κ1) is 16.2. The molecule has 1 aliphatic rings. The number of hydrogen-bond acceptors (Lipinski definition) is 3. The van der Waals surface area contributed by atoms with Crippen molar-refractivity contribution in [3.8, 4) is 0 Å². The maximum Gasteiger partial charge on any atom is 0.321 e. The minimum absolute atomic E-state index is 0.180. The van der Waals surface area contributed by atoms with Crippen molar-refractivity contribution in [1.29, 1.82) is 0 Å². The summed E-state index contributed by atoms with van der Waals surface area (Å²) in [5.41, 5.74) is 0.261. The Labute approximate surface area is 142 Å². The Hall–Kier alpha value is -2.68. The number of benzene rings is 2. The second-order valence-electron chi connectivity index (χ2n) is 5.91. The van der Waals surface area contributed by atoms with Gasteiger partial charge in [0.2, 0.25) is 0 Å². The van der Waals surface area contributed by atoms with Crippen molar-refractivity contribution in [2.24, 2.45) is 5.41 Å². The molecule has 0 aliphatic heterocycles. The number of rotatable bonds is 5. The summed E-state index contributed by atoms with van der Waals surface area (Å²) < 4.78 is 5.32. The minimum atomic E-state index is -1.22. The van der Waals surface area contributed by atoms with Crippen molar-refractivity contribution in [1.82, 2.24) is 0 Å². The average Bonchev–Trinajstić information content (AvgIpc) is 3.09. The van der Waals surface area contributed by atoms with Crippen LogP contribution in [0.25, 0.3) is 0 Å². The lowest BCUT2D eigenvalue weighted by atomic mass is 9.69. The predicted octanol–water partition coefficient (Wildman–Crippen LogP) is 4.16. The second kappa shape index (κ2) is 6.83. The largest absolute Gasteiger partial charge is 0.465 e. The van der Waals surface area contributed by atoms with E-state index in [0.29, 0.717) is 12.0 Å². The Bertz CT molecular complexity index is 749. The zero-order chi connectivity index (χ0) is 17.0. The van der Waals surface area contributed by atoms with Gasteiger partial charge in [0.25, 0.3) is 0 Å². The van der Waals surface area contributed by atoms with Crippen molar-refractivity contribution < 1.29 is 14.3 Å². The standard InChI is InChI=1S/C21H20O3/c1-2-24-20(23)21(19(22)17-12-7-4-8-13-17)15-9-14-18(21)16-10-5-3-6-11-16/h3-14,18H,2,15H2,1H3/t18-,21+/m0/s1. The number of carbonyl (C=O) groups is 2. The highest BCUT2D eigenvalue weighted by molar-refractivity contribution is 6.14. The molecule has 2 atom stereocenters. The molecule has 0 bridgehead atoms. The fourth-order valence-corrected chi connectivity index (χ4v) is 3.38. The maximum atomic E-state index is 13.3. The van der Waals surface area contributed by atoms with Gasteiger partial charge in [-0.1, -0.05) is 72.8 Å². The van der Waals surface area contributed by atoms with Crippen molar-refractivity contribution in [3.05, 3.63) is 83.9 Å². The molecule has 0 N–H and O–H groups in total. The fraction of sp³-hybridized carbons (Fsp3) is 0.238. The van der Waals surface area contributed by atoms with Gasteiger partial charge in [0.1, 0.15) is 5.41 Å². The van der Waals surface area contributed by atoms with Crippen LogP contribution in [0.3, 0.4) is 0 Å². The first-order valence-corrected chi connectivity index (χ1v) is 8.19. The molecule has 0 saturated heterocycles. The summed E-state index contributed by atoms with van der Waals surface area (Å²) in [4.78, 5) is 26.2. The van der Waals surface area contributed by atoms with E-state index in [-0.39, 0.29) is 18.3 Å². The molecule has 3 nitrogen and oxygen atoms in total. The molecule has 1 aliphatic carbocycles. The Morgan fingerprint density at radius 2 is 1.67 bits per heavy atom. The van der Waals surface area contributed by atoms with Crippen LogP contribution in [0, 0.1) is 5.41 Å². The predicted molar refractivity (Wildman–Crippen MR) is 92.8 cm³/mol. The summed E-state index contributed by atoms with van der Waals surface area (Å²) in [7, 11) is 0. The molecular weight excluding hydrogens is 300 g/mol. The van der Waals surface area contributed by atoms with Crippen LogP contribution >= 0.6 is 0 Å². The average molecular weight is 320 g/mol. The maximum absolute atomic E-state index is 13.3. The van der Waals surface area contributed by atoms with Crippen molar-refractivity contribution in [3.63, 3.8) is 0 Å². The molecule has 0 fully saturated rings.